The quantitative estimate of drug-likeness (QED) is 0.390. The molecule has 0 fully saturated rings. The summed E-state index contributed by atoms with van der Waals surface area (Å²) in [5.41, 5.74) is 1.60. The number of nitrogens with zero attached hydrogens (tertiary/aromatic N) is 5. The summed E-state index contributed by atoms with van der Waals surface area (Å²) in [6.07, 6.45) is 7.00. The number of hydrogen-bond donors (Lipinski definition) is 1. The van der Waals surface area contributed by atoms with E-state index in [9.17, 15) is 9.59 Å². The van der Waals surface area contributed by atoms with E-state index in [0.717, 1.165) is 10.5 Å². The van der Waals surface area contributed by atoms with Gasteiger partial charge in [0.2, 0.25) is 11.8 Å². The Bertz CT molecular complexity index is 1210. The van der Waals surface area contributed by atoms with Crippen LogP contribution in [0.25, 0.3) is 4.96 Å². The van der Waals surface area contributed by atoms with Gasteiger partial charge in [-0.15, -0.1) is 11.3 Å². The van der Waals surface area contributed by atoms with Crippen LogP contribution in [-0.4, -0.2) is 49.0 Å². The van der Waals surface area contributed by atoms with Crippen LogP contribution < -0.4 is 5.32 Å². The average Bonchev–Trinajstić information content (AvgIpc) is 3.44. The first-order valence-electron chi connectivity index (χ1n) is 9.84. The smallest absolute Gasteiger partial charge is 0.244 e. The third-order valence-electron chi connectivity index (χ3n) is 4.70. The zero-order valence-electron chi connectivity index (χ0n) is 16.9. The molecular weight excluding hydrogens is 471 g/mol. The Morgan fingerprint density at radius 3 is 2.81 bits per heavy atom. The van der Waals surface area contributed by atoms with Gasteiger partial charge in [-0.3, -0.25) is 18.7 Å². The summed E-state index contributed by atoms with van der Waals surface area (Å²) in [5.74, 6) is -0.293. The summed E-state index contributed by atoms with van der Waals surface area (Å²) in [7, 11) is 0. The number of thiazole rings is 1. The maximum absolute atomic E-state index is 12.9. The Morgan fingerprint density at radius 1 is 1.19 bits per heavy atom. The Morgan fingerprint density at radius 2 is 2.06 bits per heavy atom. The molecule has 0 saturated heterocycles. The molecule has 0 radical (unpaired) electrons. The fourth-order valence-corrected chi connectivity index (χ4v) is 4.32. The number of rotatable bonds is 9. The molecule has 0 aliphatic heterocycles. The third-order valence-corrected chi connectivity index (χ3v) is 5.90. The van der Waals surface area contributed by atoms with Gasteiger partial charge in [0.05, 0.1) is 23.3 Å². The van der Waals surface area contributed by atoms with Crippen molar-refractivity contribution in [2.24, 2.45) is 0 Å². The monoisotopic (exact) mass is 490 g/mol. The van der Waals surface area contributed by atoms with Gasteiger partial charge in [0.25, 0.3) is 0 Å². The second-order valence-corrected chi connectivity index (χ2v) is 8.90. The summed E-state index contributed by atoms with van der Waals surface area (Å²) in [5, 5.41) is 9.94. The SMILES string of the molecule is O=C(Cc1cn2ccsc2n1)NCCN(Cc1cccc(Cl)c1)C(=O)Cn1cc(Cl)cn1. The lowest BCUT2D eigenvalue weighted by atomic mass is 10.2. The van der Waals surface area contributed by atoms with Crippen molar-refractivity contribution < 1.29 is 9.59 Å². The number of imidazole rings is 1. The number of hydrogen-bond acceptors (Lipinski definition) is 5. The summed E-state index contributed by atoms with van der Waals surface area (Å²) in [6.45, 7) is 1.06. The van der Waals surface area contributed by atoms with Crippen molar-refractivity contribution in [2.45, 2.75) is 19.5 Å². The molecule has 3 heterocycles. The summed E-state index contributed by atoms with van der Waals surface area (Å²) < 4.78 is 3.37. The molecule has 32 heavy (non-hydrogen) atoms. The number of aromatic nitrogens is 4. The van der Waals surface area contributed by atoms with Crippen molar-refractivity contribution in [1.29, 1.82) is 0 Å². The van der Waals surface area contributed by atoms with E-state index >= 15 is 0 Å². The maximum Gasteiger partial charge on any atom is 0.244 e. The molecule has 1 N–H and O–H groups in total. The Hall–Kier alpha value is -2.88. The van der Waals surface area contributed by atoms with Crippen molar-refractivity contribution in [2.75, 3.05) is 13.1 Å². The number of fused-ring (bicyclic) bond motifs is 1. The van der Waals surface area contributed by atoms with E-state index in [1.807, 2.05) is 40.4 Å². The van der Waals surface area contributed by atoms with E-state index < -0.39 is 0 Å². The first-order valence-corrected chi connectivity index (χ1v) is 11.5. The topological polar surface area (TPSA) is 84.5 Å². The van der Waals surface area contributed by atoms with Gasteiger partial charge in [0.15, 0.2) is 4.96 Å². The normalized spacial score (nSPS) is 11.1. The van der Waals surface area contributed by atoms with Crippen LogP contribution in [0.3, 0.4) is 0 Å². The van der Waals surface area contributed by atoms with E-state index in [4.69, 9.17) is 23.2 Å². The van der Waals surface area contributed by atoms with Gasteiger partial charge in [-0.1, -0.05) is 35.3 Å². The largest absolute Gasteiger partial charge is 0.354 e. The van der Waals surface area contributed by atoms with Crippen LogP contribution in [0.5, 0.6) is 0 Å². The number of halogens is 2. The molecule has 0 aliphatic carbocycles. The van der Waals surface area contributed by atoms with Crippen LogP contribution in [-0.2, 0) is 29.1 Å². The minimum absolute atomic E-state index is 0.0482. The molecule has 0 atom stereocenters. The van der Waals surface area contributed by atoms with Crippen molar-refractivity contribution in [3.05, 3.63) is 75.7 Å². The van der Waals surface area contributed by atoms with Crippen molar-refractivity contribution in [3.8, 4) is 0 Å². The molecule has 1 aromatic carbocycles. The van der Waals surface area contributed by atoms with Gasteiger partial charge in [-0.25, -0.2) is 4.98 Å². The lowest BCUT2D eigenvalue weighted by Gasteiger charge is -2.23. The van der Waals surface area contributed by atoms with Crippen LogP contribution in [0.1, 0.15) is 11.3 Å². The highest BCUT2D eigenvalue weighted by atomic mass is 35.5. The van der Waals surface area contributed by atoms with E-state index in [0.29, 0.717) is 35.4 Å². The highest BCUT2D eigenvalue weighted by Gasteiger charge is 2.16. The second kappa shape index (κ2) is 10.2. The average molecular weight is 491 g/mol. The standard InChI is InChI=1S/C21H20Cl2N6O2S/c22-16-3-1-2-15(8-16)11-27(20(31)14-29-12-17(23)10-25-29)5-4-24-19(30)9-18-13-28-6-7-32-21(28)26-18/h1-3,6-8,10,12-13H,4-5,9,11,14H2,(H,24,30). The van der Waals surface area contributed by atoms with Crippen LogP contribution in [0.15, 0.2) is 54.4 Å². The fraction of sp³-hybridized carbons (Fsp3) is 0.238. The predicted molar refractivity (Wildman–Crippen MR) is 124 cm³/mol. The minimum atomic E-state index is -0.148. The second-order valence-electron chi connectivity index (χ2n) is 7.15. The number of carbonyl (C=O) groups excluding carboxylic acids is 2. The number of benzene rings is 1. The van der Waals surface area contributed by atoms with Crippen LogP contribution in [0.4, 0.5) is 0 Å². The molecule has 4 aromatic rings. The van der Waals surface area contributed by atoms with Crippen molar-refractivity contribution in [3.63, 3.8) is 0 Å². The van der Waals surface area contributed by atoms with Gasteiger partial charge in [0, 0.05) is 48.6 Å². The highest BCUT2D eigenvalue weighted by Crippen LogP contribution is 2.14. The molecule has 0 spiro atoms. The lowest BCUT2D eigenvalue weighted by molar-refractivity contribution is -0.133. The molecule has 0 bridgehead atoms. The molecule has 3 aromatic heterocycles. The van der Waals surface area contributed by atoms with E-state index in [-0.39, 0.29) is 24.8 Å². The summed E-state index contributed by atoms with van der Waals surface area (Å²) >= 11 is 13.5. The van der Waals surface area contributed by atoms with Crippen molar-refractivity contribution >= 4 is 51.3 Å². The Balaban J connectivity index is 1.35. The molecule has 0 unspecified atom stereocenters. The van der Waals surface area contributed by atoms with Crippen molar-refractivity contribution in [1.82, 2.24) is 29.4 Å². The van der Waals surface area contributed by atoms with E-state index in [1.165, 1.54) is 22.2 Å². The molecule has 166 valence electrons. The molecule has 0 aliphatic rings. The maximum atomic E-state index is 12.9. The van der Waals surface area contributed by atoms with Gasteiger partial charge in [-0.05, 0) is 17.7 Å². The van der Waals surface area contributed by atoms with Gasteiger partial charge in [-0.2, -0.15) is 5.10 Å². The number of carbonyl (C=O) groups is 2. The zero-order valence-corrected chi connectivity index (χ0v) is 19.3. The molecule has 4 rings (SSSR count). The lowest BCUT2D eigenvalue weighted by Crippen LogP contribution is -2.40. The minimum Gasteiger partial charge on any atom is -0.354 e. The van der Waals surface area contributed by atoms with Crippen LogP contribution in [0.2, 0.25) is 10.0 Å². The van der Waals surface area contributed by atoms with Gasteiger partial charge in [0.1, 0.15) is 6.54 Å². The van der Waals surface area contributed by atoms with E-state index in [2.05, 4.69) is 15.4 Å². The third kappa shape index (κ3) is 5.87. The number of amides is 2. The Kier molecular flexibility index (Phi) is 7.09. The molecule has 2 amide bonds. The summed E-state index contributed by atoms with van der Waals surface area (Å²) in [4.78, 5) is 32.2. The zero-order chi connectivity index (χ0) is 22.5. The molecule has 11 heteroatoms. The molecular formula is C21H20Cl2N6O2S. The Labute approximate surface area is 198 Å². The highest BCUT2D eigenvalue weighted by molar-refractivity contribution is 7.15. The number of nitrogens with one attached hydrogen (secondary N) is 1. The predicted octanol–water partition coefficient (Wildman–Crippen LogP) is 3.29. The van der Waals surface area contributed by atoms with Crippen LogP contribution in [0, 0.1) is 0 Å². The molecule has 0 saturated carbocycles. The molecule has 8 nitrogen and oxygen atoms in total. The van der Waals surface area contributed by atoms with Gasteiger partial charge >= 0.3 is 0 Å². The summed E-state index contributed by atoms with van der Waals surface area (Å²) in [6, 6.07) is 7.34. The van der Waals surface area contributed by atoms with Gasteiger partial charge < -0.3 is 10.2 Å². The van der Waals surface area contributed by atoms with E-state index in [1.54, 1.807) is 17.2 Å². The van der Waals surface area contributed by atoms with Crippen LogP contribution >= 0.6 is 34.5 Å². The fourth-order valence-electron chi connectivity index (χ4n) is 3.23. The first kappa shape index (κ1) is 22.3. The first-order chi connectivity index (χ1) is 15.5.